The smallest absolute Gasteiger partial charge is 0.123 e. The molecule has 0 radical (unpaired) electrons. The van der Waals surface area contributed by atoms with Crippen molar-refractivity contribution in [1.82, 2.24) is 14.9 Å². The highest BCUT2D eigenvalue weighted by atomic mass is 16.5. The molecule has 0 bridgehead atoms. The van der Waals surface area contributed by atoms with Crippen molar-refractivity contribution in [2.75, 3.05) is 6.54 Å². The lowest BCUT2D eigenvalue weighted by molar-refractivity contribution is 0.242. The summed E-state index contributed by atoms with van der Waals surface area (Å²) in [4.78, 5) is 4.69. The zero-order chi connectivity index (χ0) is 13.2. The maximum atomic E-state index is 5.73. The average Bonchev–Trinajstić information content (AvgIpc) is 2.82. The van der Waals surface area contributed by atoms with E-state index in [1.165, 1.54) is 0 Å². The van der Waals surface area contributed by atoms with Crippen molar-refractivity contribution in [3.8, 4) is 17.0 Å². The molecule has 1 aliphatic heterocycles. The topological polar surface area (TPSA) is 39.1 Å². The van der Waals surface area contributed by atoms with Gasteiger partial charge in [-0.05, 0) is 26.0 Å². The first-order valence-corrected chi connectivity index (χ1v) is 6.76. The molecule has 1 aliphatic rings. The number of imidazole rings is 1. The number of hydrogen-bond acceptors (Lipinski definition) is 3. The number of benzene rings is 1. The predicted octanol–water partition coefficient (Wildman–Crippen LogP) is 2.44. The molecule has 2 aromatic rings. The minimum atomic E-state index is 0.189. The molecular weight excluding hydrogens is 238 g/mol. The lowest BCUT2D eigenvalue weighted by atomic mass is 10.1. The largest absolute Gasteiger partial charge is 0.491 e. The van der Waals surface area contributed by atoms with Crippen LogP contribution in [0.5, 0.6) is 5.75 Å². The third kappa shape index (κ3) is 2.63. The highest BCUT2D eigenvalue weighted by Gasteiger charge is 2.13. The Balaban J connectivity index is 1.91. The van der Waals surface area contributed by atoms with E-state index in [1.54, 1.807) is 0 Å². The molecule has 0 spiro atoms. The summed E-state index contributed by atoms with van der Waals surface area (Å²) >= 11 is 0. The number of hydrogen-bond donors (Lipinski definition) is 1. The molecule has 0 saturated carbocycles. The van der Waals surface area contributed by atoms with E-state index < -0.39 is 0 Å². The first kappa shape index (κ1) is 12.2. The summed E-state index contributed by atoms with van der Waals surface area (Å²) < 4.78 is 7.96. The number of aromatic nitrogens is 2. The van der Waals surface area contributed by atoms with E-state index in [1.807, 2.05) is 26.0 Å². The molecule has 0 aliphatic carbocycles. The van der Waals surface area contributed by atoms with Crippen LogP contribution in [-0.2, 0) is 13.1 Å². The van der Waals surface area contributed by atoms with E-state index in [2.05, 4.69) is 33.2 Å². The van der Waals surface area contributed by atoms with Gasteiger partial charge in [-0.1, -0.05) is 12.1 Å². The summed E-state index contributed by atoms with van der Waals surface area (Å²) in [6.45, 7) is 6.92. The molecule has 3 rings (SSSR count). The van der Waals surface area contributed by atoms with Gasteiger partial charge in [-0.15, -0.1) is 0 Å². The fourth-order valence-electron chi connectivity index (χ4n) is 2.33. The normalized spacial score (nSPS) is 14.5. The highest BCUT2D eigenvalue weighted by molar-refractivity contribution is 5.60. The second-order valence-electron chi connectivity index (χ2n) is 5.11. The Morgan fingerprint density at radius 1 is 1.37 bits per heavy atom. The zero-order valence-electron chi connectivity index (χ0n) is 11.4. The van der Waals surface area contributed by atoms with Crippen LogP contribution in [0.3, 0.4) is 0 Å². The number of rotatable bonds is 3. The summed E-state index contributed by atoms with van der Waals surface area (Å²) in [6, 6.07) is 8.14. The van der Waals surface area contributed by atoms with Crippen molar-refractivity contribution in [1.29, 1.82) is 0 Å². The van der Waals surface area contributed by atoms with E-state index in [0.29, 0.717) is 0 Å². The van der Waals surface area contributed by atoms with Crippen LogP contribution in [0.25, 0.3) is 11.3 Å². The van der Waals surface area contributed by atoms with Gasteiger partial charge in [-0.25, -0.2) is 4.98 Å². The maximum absolute atomic E-state index is 5.73. The SMILES string of the molecule is CC(C)Oc1cccc(-c2cn3c(n2)CNCC3)c1. The highest BCUT2D eigenvalue weighted by Crippen LogP contribution is 2.24. The lowest BCUT2D eigenvalue weighted by Crippen LogP contribution is -2.27. The molecule has 0 amide bonds. The van der Waals surface area contributed by atoms with Gasteiger partial charge in [0.15, 0.2) is 0 Å². The Hall–Kier alpha value is -1.81. The minimum Gasteiger partial charge on any atom is -0.491 e. The van der Waals surface area contributed by atoms with Crippen molar-refractivity contribution in [3.05, 3.63) is 36.3 Å². The Kier molecular flexibility index (Phi) is 3.25. The molecule has 1 aromatic heterocycles. The van der Waals surface area contributed by atoms with E-state index in [4.69, 9.17) is 4.74 Å². The van der Waals surface area contributed by atoms with Crippen molar-refractivity contribution in [2.45, 2.75) is 33.0 Å². The van der Waals surface area contributed by atoms with E-state index in [-0.39, 0.29) is 6.10 Å². The fraction of sp³-hybridized carbons (Fsp3) is 0.400. The summed E-state index contributed by atoms with van der Waals surface area (Å²) in [5.41, 5.74) is 2.13. The summed E-state index contributed by atoms with van der Waals surface area (Å²) in [5, 5.41) is 3.34. The second kappa shape index (κ2) is 5.05. The summed E-state index contributed by atoms with van der Waals surface area (Å²) in [6.07, 6.45) is 2.32. The van der Waals surface area contributed by atoms with E-state index in [9.17, 15) is 0 Å². The van der Waals surface area contributed by atoms with Gasteiger partial charge >= 0.3 is 0 Å². The molecule has 2 heterocycles. The zero-order valence-corrected chi connectivity index (χ0v) is 11.4. The molecule has 0 atom stereocenters. The third-order valence-corrected chi connectivity index (χ3v) is 3.17. The van der Waals surface area contributed by atoms with Crippen LogP contribution in [0.15, 0.2) is 30.5 Å². The monoisotopic (exact) mass is 257 g/mol. The van der Waals surface area contributed by atoms with Gasteiger partial charge in [0.05, 0.1) is 18.3 Å². The molecule has 0 saturated heterocycles. The lowest BCUT2D eigenvalue weighted by Gasteiger charge is -2.13. The van der Waals surface area contributed by atoms with Gasteiger partial charge in [0.2, 0.25) is 0 Å². The molecule has 4 heteroatoms. The molecule has 0 unspecified atom stereocenters. The quantitative estimate of drug-likeness (QED) is 0.918. The molecule has 100 valence electrons. The van der Waals surface area contributed by atoms with Gasteiger partial charge < -0.3 is 14.6 Å². The third-order valence-electron chi connectivity index (χ3n) is 3.17. The van der Waals surface area contributed by atoms with E-state index in [0.717, 1.165) is 42.5 Å². The van der Waals surface area contributed by atoms with Crippen LogP contribution < -0.4 is 10.1 Å². The molecule has 1 N–H and O–H groups in total. The van der Waals surface area contributed by atoms with Crippen LogP contribution in [0.4, 0.5) is 0 Å². The van der Waals surface area contributed by atoms with Gasteiger partial charge in [-0.3, -0.25) is 0 Å². The van der Waals surface area contributed by atoms with Crippen LogP contribution in [-0.4, -0.2) is 22.2 Å². The first-order valence-electron chi connectivity index (χ1n) is 6.76. The Bertz CT molecular complexity index is 551. The number of nitrogens with zero attached hydrogens (tertiary/aromatic N) is 2. The first-order chi connectivity index (χ1) is 9.22. The van der Waals surface area contributed by atoms with Crippen molar-refractivity contribution in [2.24, 2.45) is 0 Å². The predicted molar refractivity (Wildman–Crippen MR) is 75.1 cm³/mol. The Morgan fingerprint density at radius 2 is 2.26 bits per heavy atom. The van der Waals surface area contributed by atoms with Gasteiger partial charge in [-0.2, -0.15) is 0 Å². The maximum Gasteiger partial charge on any atom is 0.123 e. The summed E-state index contributed by atoms with van der Waals surface area (Å²) in [7, 11) is 0. The molecule has 1 aromatic carbocycles. The molecular formula is C15H19N3O. The van der Waals surface area contributed by atoms with E-state index >= 15 is 0 Å². The number of ether oxygens (including phenoxy) is 1. The Morgan fingerprint density at radius 3 is 3.05 bits per heavy atom. The Labute approximate surface area is 113 Å². The second-order valence-corrected chi connectivity index (χ2v) is 5.11. The van der Waals surface area contributed by atoms with Crippen molar-refractivity contribution in [3.63, 3.8) is 0 Å². The van der Waals surface area contributed by atoms with Crippen LogP contribution in [0.2, 0.25) is 0 Å². The molecule has 4 nitrogen and oxygen atoms in total. The number of fused-ring (bicyclic) bond motifs is 1. The summed E-state index contributed by atoms with van der Waals surface area (Å²) in [5.74, 6) is 2.01. The van der Waals surface area contributed by atoms with Gasteiger partial charge in [0.25, 0.3) is 0 Å². The van der Waals surface area contributed by atoms with Crippen LogP contribution in [0, 0.1) is 0 Å². The average molecular weight is 257 g/mol. The van der Waals surface area contributed by atoms with Gasteiger partial charge in [0.1, 0.15) is 11.6 Å². The van der Waals surface area contributed by atoms with Gasteiger partial charge in [0, 0.05) is 24.8 Å². The van der Waals surface area contributed by atoms with Crippen molar-refractivity contribution < 1.29 is 4.74 Å². The standard InChI is InChI=1S/C15H19N3O/c1-11(2)19-13-5-3-4-12(8-13)14-10-18-7-6-16-9-15(18)17-14/h3-5,8,10-11,16H,6-7,9H2,1-2H3. The molecule has 0 fully saturated rings. The fourth-order valence-corrected chi connectivity index (χ4v) is 2.33. The minimum absolute atomic E-state index is 0.189. The van der Waals surface area contributed by atoms with Crippen LogP contribution in [0.1, 0.15) is 19.7 Å². The van der Waals surface area contributed by atoms with Crippen LogP contribution >= 0.6 is 0 Å². The number of nitrogens with one attached hydrogen (secondary N) is 1. The molecule has 19 heavy (non-hydrogen) atoms. The van der Waals surface area contributed by atoms with Crippen molar-refractivity contribution >= 4 is 0 Å².